The molecule has 1 amide bonds. The Hall–Kier alpha value is -4.88. The molecule has 3 aromatic rings. The summed E-state index contributed by atoms with van der Waals surface area (Å²) in [4.78, 5) is 48.3. The third kappa shape index (κ3) is 6.84. The number of carbonyl (C=O) groups is 4. The Bertz CT molecular complexity index is 1670. The van der Waals surface area contributed by atoms with Crippen molar-refractivity contribution in [3.05, 3.63) is 63.4 Å². The number of ether oxygens (including phenoxy) is 1. The van der Waals surface area contributed by atoms with Crippen LogP contribution in [0.1, 0.15) is 81.2 Å². The van der Waals surface area contributed by atoms with Crippen LogP contribution in [-0.4, -0.2) is 71.0 Å². The molecule has 236 valence electrons. The van der Waals surface area contributed by atoms with Gasteiger partial charge in [-0.2, -0.15) is 13.2 Å². The number of ketones is 1. The predicted octanol–water partition coefficient (Wildman–Crippen LogP) is 5.15. The maximum atomic E-state index is 13.5. The molecule has 14 heteroatoms. The van der Waals surface area contributed by atoms with Gasteiger partial charge in [0, 0.05) is 35.7 Å². The molecule has 11 nitrogen and oxygen atoms in total. The minimum Gasteiger partial charge on any atom is -0.493 e. The highest BCUT2D eigenvalue weighted by Gasteiger charge is 2.38. The number of rotatable bonds is 7. The van der Waals surface area contributed by atoms with E-state index < -0.39 is 23.5 Å². The van der Waals surface area contributed by atoms with E-state index in [-0.39, 0.29) is 35.4 Å². The fourth-order valence-electron chi connectivity index (χ4n) is 4.72. The third-order valence-electron chi connectivity index (χ3n) is 6.80. The molecule has 0 spiro atoms. The molecule has 4 N–H and O–H groups in total. The van der Waals surface area contributed by atoms with Crippen LogP contribution in [0, 0.1) is 12.3 Å². The molecular weight excluding hydrogens is 587 g/mol. The first-order valence-corrected chi connectivity index (χ1v) is 13.3. The van der Waals surface area contributed by atoms with E-state index in [1.807, 2.05) is 27.7 Å². The average Bonchev–Trinajstić information content (AvgIpc) is 3.41. The van der Waals surface area contributed by atoms with Crippen molar-refractivity contribution in [1.29, 1.82) is 5.41 Å². The summed E-state index contributed by atoms with van der Waals surface area (Å²) >= 11 is 0. The third-order valence-corrected chi connectivity index (χ3v) is 6.80. The minimum atomic E-state index is -5.08. The van der Waals surface area contributed by atoms with Gasteiger partial charge in [0.1, 0.15) is 28.5 Å². The molecule has 0 aliphatic carbocycles. The average molecular weight is 620 g/mol. The molecule has 0 radical (unpaired) electrons. The van der Waals surface area contributed by atoms with Gasteiger partial charge in [-0.05, 0) is 49.1 Å². The van der Waals surface area contributed by atoms with Crippen molar-refractivity contribution in [1.82, 2.24) is 10.2 Å². The molecule has 0 unspecified atom stereocenters. The van der Waals surface area contributed by atoms with E-state index in [0.29, 0.717) is 46.6 Å². The van der Waals surface area contributed by atoms with Gasteiger partial charge in [0.25, 0.3) is 5.91 Å². The van der Waals surface area contributed by atoms with Gasteiger partial charge in [-0.3, -0.25) is 15.0 Å². The van der Waals surface area contributed by atoms with Gasteiger partial charge < -0.3 is 29.6 Å². The Kier molecular flexibility index (Phi) is 9.46. The van der Waals surface area contributed by atoms with E-state index >= 15 is 0 Å². The van der Waals surface area contributed by atoms with E-state index in [2.05, 4.69) is 5.32 Å². The standard InChI is InChI=1S/C28H31N3O6.C2HF3O2/c1-7-36-22-10-16-12-31(25(29)17(16)11-18(22)26(33)30-6)13-21(32)15-8-19-23(27(34)35)14(2)37-24(19)20(9-15)28(3,4)5;3-2(4,5)1(6)7/h8-11,29H,7,12-13H2,1-6H3,(H,30,33)(H,34,35);(H,6,7). The highest BCUT2D eigenvalue weighted by Crippen LogP contribution is 2.37. The van der Waals surface area contributed by atoms with E-state index in [9.17, 15) is 32.7 Å². The number of halogens is 3. The van der Waals surface area contributed by atoms with Gasteiger partial charge in [-0.25, -0.2) is 9.59 Å². The van der Waals surface area contributed by atoms with Crippen LogP contribution in [0.5, 0.6) is 5.75 Å². The normalized spacial score (nSPS) is 12.8. The number of aryl methyl sites for hydroxylation is 1. The SMILES string of the molecule is CCOc1cc2c(cc1C(=O)NC)C(=N)N(CC(=O)c1cc(C(C)(C)C)c3oc(C)c(C(=O)O)c3c1)C2.O=C(O)C(F)(F)F. The Morgan fingerprint density at radius 2 is 1.70 bits per heavy atom. The number of furan rings is 1. The lowest BCUT2D eigenvalue weighted by atomic mass is 9.84. The molecule has 0 saturated heterocycles. The lowest BCUT2D eigenvalue weighted by Crippen LogP contribution is -2.30. The van der Waals surface area contributed by atoms with Crippen LogP contribution in [0.25, 0.3) is 11.0 Å². The van der Waals surface area contributed by atoms with E-state index in [0.717, 1.165) is 11.1 Å². The Morgan fingerprint density at radius 3 is 2.20 bits per heavy atom. The molecule has 4 rings (SSSR count). The zero-order valence-corrected chi connectivity index (χ0v) is 24.9. The topological polar surface area (TPSA) is 170 Å². The molecule has 2 aromatic carbocycles. The van der Waals surface area contributed by atoms with Crippen LogP contribution >= 0.6 is 0 Å². The van der Waals surface area contributed by atoms with Gasteiger partial charge in [-0.15, -0.1) is 0 Å². The maximum absolute atomic E-state index is 13.5. The smallest absolute Gasteiger partial charge is 0.490 e. The summed E-state index contributed by atoms with van der Waals surface area (Å²) in [7, 11) is 1.53. The number of carboxylic acids is 2. The highest BCUT2D eigenvalue weighted by atomic mass is 19.4. The van der Waals surface area contributed by atoms with Gasteiger partial charge in [0.2, 0.25) is 0 Å². The zero-order chi connectivity index (χ0) is 33.3. The number of nitrogens with one attached hydrogen (secondary N) is 2. The number of Topliss-reactive ketones (excluding diaryl/α,β-unsaturated/α-hetero) is 1. The second-order valence-electron chi connectivity index (χ2n) is 10.9. The number of carboxylic acid groups (broad SMARTS) is 2. The largest absolute Gasteiger partial charge is 0.493 e. The van der Waals surface area contributed by atoms with Crippen molar-refractivity contribution in [3.63, 3.8) is 0 Å². The number of nitrogens with zero attached hydrogens (tertiary/aromatic N) is 1. The molecule has 1 aliphatic heterocycles. The summed E-state index contributed by atoms with van der Waals surface area (Å²) in [5.41, 5.74) is 2.88. The number of amidine groups is 1. The summed E-state index contributed by atoms with van der Waals surface area (Å²) in [5.74, 6) is -3.59. The molecule has 1 aliphatic rings. The summed E-state index contributed by atoms with van der Waals surface area (Å²) < 4.78 is 43.2. The maximum Gasteiger partial charge on any atom is 0.490 e. The molecule has 44 heavy (non-hydrogen) atoms. The van der Waals surface area contributed by atoms with Crippen molar-refractivity contribution >= 4 is 40.4 Å². The van der Waals surface area contributed by atoms with Crippen molar-refractivity contribution in [2.45, 2.75) is 52.8 Å². The van der Waals surface area contributed by atoms with Gasteiger partial charge >= 0.3 is 18.1 Å². The fraction of sp³-hybridized carbons (Fsp3) is 0.367. The van der Waals surface area contributed by atoms with Crippen molar-refractivity contribution < 1.29 is 51.7 Å². The number of alkyl halides is 3. The first kappa shape index (κ1) is 33.6. The Balaban J connectivity index is 0.000000676. The number of aromatic carboxylic acids is 1. The van der Waals surface area contributed by atoms with E-state index in [1.165, 1.54) is 7.05 Å². The number of carbonyl (C=O) groups excluding carboxylic acids is 2. The predicted molar refractivity (Wildman–Crippen MR) is 153 cm³/mol. The second kappa shape index (κ2) is 12.4. The summed E-state index contributed by atoms with van der Waals surface area (Å²) in [6, 6.07) is 6.70. The van der Waals surface area contributed by atoms with Crippen LogP contribution in [0.15, 0.2) is 28.7 Å². The monoisotopic (exact) mass is 619 g/mol. The fourth-order valence-corrected chi connectivity index (χ4v) is 4.72. The number of benzene rings is 2. The molecule has 1 aromatic heterocycles. The minimum absolute atomic E-state index is 0.0432. The molecule has 0 bridgehead atoms. The highest BCUT2D eigenvalue weighted by molar-refractivity contribution is 6.10. The first-order chi connectivity index (χ1) is 20.3. The molecule has 0 saturated carbocycles. The Morgan fingerprint density at radius 1 is 1.09 bits per heavy atom. The molecule has 2 heterocycles. The van der Waals surface area contributed by atoms with Gasteiger partial charge in [-0.1, -0.05) is 20.8 Å². The quantitative estimate of drug-likeness (QED) is 0.261. The second-order valence-corrected chi connectivity index (χ2v) is 10.9. The van der Waals surface area contributed by atoms with Crippen LogP contribution in [-0.2, 0) is 16.8 Å². The van der Waals surface area contributed by atoms with Crippen molar-refractivity contribution in [2.75, 3.05) is 20.2 Å². The summed E-state index contributed by atoms with van der Waals surface area (Å²) in [5, 5.41) is 28.5. The number of aliphatic carboxylic acids is 1. The first-order valence-electron chi connectivity index (χ1n) is 13.3. The van der Waals surface area contributed by atoms with Crippen molar-refractivity contribution in [3.8, 4) is 5.75 Å². The number of hydrogen-bond donors (Lipinski definition) is 4. The van der Waals surface area contributed by atoms with E-state index in [4.69, 9.17) is 24.5 Å². The zero-order valence-electron chi connectivity index (χ0n) is 24.9. The number of fused-ring (bicyclic) bond motifs is 2. The van der Waals surface area contributed by atoms with Gasteiger partial charge in [0.05, 0.1) is 18.7 Å². The van der Waals surface area contributed by atoms with Crippen molar-refractivity contribution in [2.24, 2.45) is 0 Å². The lowest BCUT2D eigenvalue weighted by Gasteiger charge is -2.21. The molecule has 0 fully saturated rings. The molecular formula is C30H32F3N3O8. The lowest BCUT2D eigenvalue weighted by molar-refractivity contribution is -0.192. The number of amides is 1. The molecule has 0 atom stereocenters. The van der Waals surface area contributed by atoms with Crippen LogP contribution < -0.4 is 10.1 Å². The Labute approximate surface area is 250 Å². The van der Waals surface area contributed by atoms with E-state index in [1.54, 1.807) is 36.1 Å². The van der Waals surface area contributed by atoms with Crippen LogP contribution in [0.2, 0.25) is 0 Å². The summed E-state index contributed by atoms with van der Waals surface area (Å²) in [6.07, 6.45) is -5.08. The summed E-state index contributed by atoms with van der Waals surface area (Å²) in [6.45, 7) is 9.96. The van der Waals surface area contributed by atoms with Gasteiger partial charge in [0.15, 0.2) is 5.78 Å². The number of hydrogen-bond acceptors (Lipinski definition) is 7. The van der Waals surface area contributed by atoms with Crippen LogP contribution in [0.4, 0.5) is 13.2 Å². The van der Waals surface area contributed by atoms with Crippen LogP contribution in [0.3, 0.4) is 0 Å².